The van der Waals surface area contributed by atoms with E-state index in [1.807, 2.05) is 6.92 Å². The topological polar surface area (TPSA) is 52.5 Å². The van der Waals surface area contributed by atoms with E-state index >= 15 is 0 Å². The Morgan fingerprint density at radius 2 is 1.93 bits per heavy atom. The van der Waals surface area contributed by atoms with Gasteiger partial charge in [-0.3, -0.25) is 0 Å². The van der Waals surface area contributed by atoms with Gasteiger partial charge in [-0.25, -0.2) is 0 Å². The fourth-order valence-electron chi connectivity index (χ4n) is 1.38. The monoisotopic (exact) mass is 202 g/mol. The van der Waals surface area contributed by atoms with E-state index in [9.17, 15) is 0 Å². The van der Waals surface area contributed by atoms with E-state index in [4.69, 9.17) is 10.2 Å². The molecule has 2 atom stereocenters. The highest BCUT2D eigenvalue weighted by atomic mass is 16.5. The second-order valence-corrected chi connectivity index (χ2v) is 3.80. The first-order valence-electron chi connectivity index (χ1n) is 5.53. The zero-order chi connectivity index (χ0) is 11.0. The minimum Gasteiger partial charge on any atom is -0.367 e. The lowest BCUT2D eigenvalue weighted by molar-refractivity contribution is -0.0642. The lowest BCUT2D eigenvalue weighted by Gasteiger charge is -2.23. The van der Waals surface area contributed by atoms with Gasteiger partial charge in [0.05, 0.1) is 6.04 Å². The molecule has 3 heteroatoms. The third-order valence-corrected chi connectivity index (χ3v) is 2.45. The van der Waals surface area contributed by atoms with Gasteiger partial charge in [0.1, 0.15) is 0 Å². The number of nitrogens with one attached hydrogen (secondary N) is 1. The predicted octanol–water partition coefficient (Wildman–Crippen LogP) is 1.45. The summed E-state index contributed by atoms with van der Waals surface area (Å²) in [5.41, 5.74) is 0. The van der Waals surface area contributed by atoms with Crippen LogP contribution in [0.15, 0.2) is 0 Å². The molecule has 0 aromatic rings. The van der Waals surface area contributed by atoms with Crippen molar-refractivity contribution < 1.29 is 10.2 Å². The van der Waals surface area contributed by atoms with Crippen LogP contribution in [-0.4, -0.2) is 28.6 Å². The van der Waals surface area contributed by atoms with E-state index in [-0.39, 0.29) is 6.04 Å². The number of aliphatic hydroxyl groups excluding tert-OH is 1. The molecule has 0 aromatic carbocycles. The highest BCUT2D eigenvalue weighted by molar-refractivity contribution is 4.81. The Morgan fingerprint density at radius 3 is 2.36 bits per heavy atom. The van der Waals surface area contributed by atoms with Gasteiger partial charge in [0, 0.05) is 6.04 Å². The zero-order valence-electron chi connectivity index (χ0n) is 9.53. The number of unbranched alkanes of at least 4 members (excludes halogenated alkanes) is 2. The summed E-state index contributed by atoms with van der Waals surface area (Å²) in [5.74, 6) is 0. The standard InChI is InChI=1S/C11H24NO2/c1-4-6-7-8-10(5-2)12-9(3)11(13)14/h5,9-14H,4,6-8H2,1-3H3. The highest BCUT2D eigenvalue weighted by Crippen LogP contribution is 2.07. The molecule has 0 bridgehead atoms. The molecule has 0 aliphatic heterocycles. The Kier molecular flexibility index (Phi) is 8.14. The lowest BCUT2D eigenvalue weighted by Crippen LogP contribution is -2.43. The molecule has 0 aliphatic carbocycles. The van der Waals surface area contributed by atoms with Crippen LogP contribution < -0.4 is 5.32 Å². The van der Waals surface area contributed by atoms with Crippen molar-refractivity contribution in [3.8, 4) is 0 Å². The maximum atomic E-state index is 8.92. The quantitative estimate of drug-likeness (QED) is 0.412. The minimum absolute atomic E-state index is 0.266. The molecule has 3 nitrogen and oxygen atoms in total. The fourth-order valence-corrected chi connectivity index (χ4v) is 1.38. The van der Waals surface area contributed by atoms with Gasteiger partial charge in [0.25, 0.3) is 0 Å². The predicted molar refractivity (Wildman–Crippen MR) is 58.7 cm³/mol. The van der Waals surface area contributed by atoms with Crippen LogP contribution in [0.3, 0.4) is 0 Å². The number of hydrogen-bond donors (Lipinski definition) is 3. The van der Waals surface area contributed by atoms with E-state index in [0.717, 1.165) is 6.42 Å². The molecule has 0 fully saturated rings. The van der Waals surface area contributed by atoms with Crippen LogP contribution in [0.5, 0.6) is 0 Å². The maximum absolute atomic E-state index is 8.92. The average Bonchev–Trinajstić information content (AvgIpc) is 2.16. The molecule has 0 spiro atoms. The van der Waals surface area contributed by atoms with Crippen molar-refractivity contribution >= 4 is 0 Å². The number of rotatable bonds is 8. The van der Waals surface area contributed by atoms with E-state index in [1.54, 1.807) is 6.92 Å². The summed E-state index contributed by atoms with van der Waals surface area (Å²) in [4.78, 5) is 0. The molecule has 0 heterocycles. The molecule has 85 valence electrons. The Hall–Kier alpha value is -0.120. The van der Waals surface area contributed by atoms with Crippen molar-refractivity contribution in [3.63, 3.8) is 0 Å². The first-order chi connectivity index (χ1) is 6.61. The highest BCUT2D eigenvalue weighted by Gasteiger charge is 2.14. The van der Waals surface area contributed by atoms with Crippen LogP contribution in [0.1, 0.15) is 46.5 Å². The van der Waals surface area contributed by atoms with Crippen LogP contribution in [0, 0.1) is 6.42 Å². The summed E-state index contributed by atoms with van der Waals surface area (Å²) in [6.45, 7) is 5.96. The zero-order valence-corrected chi connectivity index (χ0v) is 9.53. The third-order valence-electron chi connectivity index (χ3n) is 2.45. The molecule has 3 N–H and O–H groups in total. The first kappa shape index (κ1) is 13.9. The summed E-state index contributed by atoms with van der Waals surface area (Å²) in [7, 11) is 0. The van der Waals surface area contributed by atoms with Gasteiger partial charge in [-0.05, 0) is 19.8 Å². The van der Waals surface area contributed by atoms with Crippen molar-refractivity contribution in [1.29, 1.82) is 0 Å². The van der Waals surface area contributed by atoms with Gasteiger partial charge < -0.3 is 15.5 Å². The molecule has 0 aliphatic rings. The van der Waals surface area contributed by atoms with Crippen LogP contribution >= 0.6 is 0 Å². The van der Waals surface area contributed by atoms with Gasteiger partial charge >= 0.3 is 0 Å². The molecule has 0 aromatic heterocycles. The Balaban J connectivity index is 3.67. The molecule has 0 saturated carbocycles. The summed E-state index contributed by atoms with van der Waals surface area (Å²) in [6.07, 6.45) is 5.52. The van der Waals surface area contributed by atoms with Gasteiger partial charge in [-0.1, -0.05) is 33.1 Å². The molecule has 0 amide bonds. The van der Waals surface area contributed by atoms with E-state index < -0.39 is 6.29 Å². The van der Waals surface area contributed by atoms with E-state index in [2.05, 4.69) is 18.7 Å². The second kappa shape index (κ2) is 8.21. The smallest absolute Gasteiger partial charge is 0.166 e. The van der Waals surface area contributed by atoms with Crippen molar-refractivity contribution in [3.05, 3.63) is 6.42 Å². The number of hydrogen-bond acceptors (Lipinski definition) is 3. The molecule has 1 radical (unpaired) electrons. The normalized spacial score (nSPS) is 15.9. The lowest BCUT2D eigenvalue weighted by atomic mass is 10.1. The molecule has 0 saturated heterocycles. The van der Waals surface area contributed by atoms with Gasteiger partial charge in [0.2, 0.25) is 0 Å². The number of aliphatic hydroxyl groups is 2. The summed E-state index contributed by atoms with van der Waals surface area (Å²) >= 11 is 0. The largest absolute Gasteiger partial charge is 0.367 e. The average molecular weight is 202 g/mol. The Labute approximate surface area is 87.5 Å². The first-order valence-corrected chi connectivity index (χ1v) is 5.53. The summed E-state index contributed by atoms with van der Waals surface area (Å²) in [5, 5.41) is 21.0. The fraction of sp³-hybridized carbons (Fsp3) is 0.909. The SMILES string of the molecule is C[CH]C(CCCCC)NC(C)C(O)O. The molecular weight excluding hydrogens is 178 g/mol. The van der Waals surface area contributed by atoms with Gasteiger partial charge in [-0.15, -0.1) is 0 Å². The van der Waals surface area contributed by atoms with Crippen molar-refractivity contribution in [1.82, 2.24) is 5.32 Å². The third kappa shape index (κ3) is 6.35. The van der Waals surface area contributed by atoms with Crippen molar-refractivity contribution in [2.75, 3.05) is 0 Å². The van der Waals surface area contributed by atoms with Crippen molar-refractivity contribution in [2.45, 2.75) is 64.8 Å². The van der Waals surface area contributed by atoms with Gasteiger partial charge in [0.15, 0.2) is 6.29 Å². The second-order valence-electron chi connectivity index (χ2n) is 3.80. The Bertz CT molecular complexity index is 128. The summed E-state index contributed by atoms with van der Waals surface area (Å²) < 4.78 is 0. The molecule has 2 unspecified atom stereocenters. The van der Waals surface area contributed by atoms with Crippen LogP contribution in [0.2, 0.25) is 0 Å². The van der Waals surface area contributed by atoms with Crippen LogP contribution in [-0.2, 0) is 0 Å². The van der Waals surface area contributed by atoms with Gasteiger partial charge in [-0.2, -0.15) is 0 Å². The van der Waals surface area contributed by atoms with Crippen LogP contribution in [0.25, 0.3) is 0 Å². The molecule has 0 rings (SSSR count). The van der Waals surface area contributed by atoms with E-state index in [0.29, 0.717) is 6.04 Å². The maximum Gasteiger partial charge on any atom is 0.166 e. The molecular formula is C11H24NO2. The minimum atomic E-state index is -1.27. The van der Waals surface area contributed by atoms with E-state index in [1.165, 1.54) is 19.3 Å². The molecule has 14 heavy (non-hydrogen) atoms. The van der Waals surface area contributed by atoms with Crippen LogP contribution in [0.4, 0.5) is 0 Å². The Morgan fingerprint density at radius 1 is 1.29 bits per heavy atom. The summed E-state index contributed by atoms with van der Waals surface area (Å²) in [6, 6.07) is 0.0242. The van der Waals surface area contributed by atoms with Crippen molar-refractivity contribution in [2.24, 2.45) is 0 Å².